The number of carbonyl (C=O) groups is 2. The van der Waals surface area contributed by atoms with Crippen molar-refractivity contribution in [3.63, 3.8) is 0 Å². The van der Waals surface area contributed by atoms with Crippen LogP contribution in [0.5, 0.6) is 0 Å². The van der Waals surface area contributed by atoms with Crippen LogP contribution in [0.15, 0.2) is 6.20 Å². The van der Waals surface area contributed by atoms with Gasteiger partial charge in [0, 0.05) is 0 Å². The van der Waals surface area contributed by atoms with E-state index in [0.717, 1.165) is 4.68 Å². The minimum atomic E-state index is -4.48. The van der Waals surface area contributed by atoms with E-state index in [2.05, 4.69) is 20.4 Å². The van der Waals surface area contributed by atoms with Crippen LogP contribution in [-0.2, 0) is 16.1 Å². The van der Waals surface area contributed by atoms with Crippen LogP contribution in [0.4, 0.5) is 23.8 Å². The highest BCUT2D eigenvalue weighted by atomic mass is 19.4. The molecule has 0 aliphatic carbocycles. The second-order valence-corrected chi connectivity index (χ2v) is 3.54. The van der Waals surface area contributed by atoms with E-state index in [1.165, 1.54) is 6.20 Å². The largest absolute Gasteiger partial charge is 0.450 e. The average molecular weight is 295 g/mol. The highest BCUT2D eigenvalue weighted by molar-refractivity contribution is 5.83. The minimum Gasteiger partial charge on any atom is -0.450 e. The van der Waals surface area contributed by atoms with E-state index < -0.39 is 31.3 Å². The number of halogens is 3. The van der Waals surface area contributed by atoms with E-state index >= 15 is 0 Å². The van der Waals surface area contributed by atoms with Crippen LogP contribution in [0.3, 0.4) is 0 Å². The van der Waals surface area contributed by atoms with E-state index in [4.69, 9.17) is 0 Å². The number of rotatable bonds is 5. The van der Waals surface area contributed by atoms with Crippen LogP contribution in [0, 0.1) is 0 Å². The molecule has 0 spiro atoms. The SMILES string of the molecule is CCOC(=O)Nc1cn(CC(=O)NCC(F)(F)F)nn1. The number of amides is 2. The molecule has 0 unspecified atom stereocenters. The maximum atomic E-state index is 11.9. The van der Waals surface area contributed by atoms with Gasteiger partial charge in [-0.25, -0.2) is 9.48 Å². The van der Waals surface area contributed by atoms with E-state index in [-0.39, 0.29) is 12.4 Å². The summed E-state index contributed by atoms with van der Waals surface area (Å²) in [5, 5.41) is 10.9. The summed E-state index contributed by atoms with van der Waals surface area (Å²) >= 11 is 0. The molecule has 20 heavy (non-hydrogen) atoms. The molecule has 0 saturated heterocycles. The van der Waals surface area contributed by atoms with Crippen molar-refractivity contribution < 1.29 is 27.5 Å². The van der Waals surface area contributed by atoms with Crippen molar-refractivity contribution in [2.45, 2.75) is 19.6 Å². The van der Waals surface area contributed by atoms with Gasteiger partial charge in [-0.1, -0.05) is 5.21 Å². The molecule has 1 aromatic rings. The first kappa shape index (κ1) is 15.7. The van der Waals surface area contributed by atoms with Crippen LogP contribution in [-0.4, -0.2) is 46.3 Å². The molecule has 0 aliphatic heterocycles. The molecule has 0 aliphatic rings. The molecule has 0 radical (unpaired) electrons. The molecule has 11 heteroatoms. The summed E-state index contributed by atoms with van der Waals surface area (Å²) in [4.78, 5) is 22.2. The molecule has 0 saturated carbocycles. The smallest absolute Gasteiger partial charge is 0.412 e. The third-order valence-corrected chi connectivity index (χ3v) is 1.84. The number of nitrogens with one attached hydrogen (secondary N) is 2. The quantitative estimate of drug-likeness (QED) is 0.825. The van der Waals surface area contributed by atoms with Gasteiger partial charge in [0.25, 0.3) is 0 Å². The summed E-state index contributed by atoms with van der Waals surface area (Å²) in [6.07, 6.45) is -4.04. The van der Waals surface area contributed by atoms with E-state index in [9.17, 15) is 22.8 Å². The summed E-state index contributed by atoms with van der Waals surface area (Å²) < 4.78 is 41.2. The van der Waals surface area contributed by atoms with Crippen molar-refractivity contribution in [3.8, 4) is 0 Å². The summed E-state index contributed by atoms with van der Waals surface area (Å²) in [7, 11) is 0. The Morgan fingerprint density at radius 3 is 2.75 bits per heavy atom. The lowest BCUT2D eigenvalue weighted by molar-refractivity contribution is -0.138. The first-order chi connectivity index (χ1) is 9.30. The number of aromatic nitrogens is 3. The van der Waals surface area contributed by atoms with Gasteiger partial charge in [0.15, 0.2) is 5.82 Å². The molecule has 0 atom stereocenters. The topological polar surface area (TPSA) is 98.1 Å². The lowest BCUT2D eigenvalue weighted by Crippen LogP contribution is -2.35. The number of nitrogens with zero attached hydrogens (tertiary/aromatic N) is 3. The number of hydrogen-bond acceptors (Lipinski definition) is 5. The fourth-order valence-electron chi connectivity index (χ4n) is 1.11. The Labute approximate surface area is 111 Å². The van der Waals surface area contributed by atoms with Crippen LogP contribution in [0.25, 0.3) is 0 Å². The highest BCUT2D eigenvalue weighted by Crippen LogP contribution is 2.12. The van der Waals surface area contributed by atoms with Gasteiger partial charge in [0.1, 0.15) is 13.1 Å². The van der Waals surface area contributed by atoms with E-state index in [1.807, 2.05) is 0 Å². The van der Waals surface area contributed by atoms with Gasteiger partial charge < -0.3 is 10.1 Å². The van der Waals surface area contributed by atoms with Crippen LogP contribution < -0.4 is 10.6 Å². The molecule has 1 heterocycles. The fraction of sp³-hybridized carbons (Fsp3) is 0.556. The lowest BCUT2D eigenvalue weighted by Gasteiger charge is -2.07. The Balaban J connectivity index is 2.43. The first-order valence-corrected chi connectivity index (χ1v) is 5.47. The predicted octanol–water partition coefficient (Wildman–Crippen LogP) is 0.525. The summed E-state index contributed by atoms with van der Waals surface area (Å²) in [5.41, 5.74) is 0. The maximum Gasteiger partial charge on any atom is 0.412 e. The Morgan fingerprint density at radius 1 is 1.45 bits per heavy atom. The molecular formula is C9H12F3N5O3. The zero-order valence-corrected chi connectivity index (χ0v) is 10.4. The van der Waals surface area contributed by atoms with Gasteiger partial charge in [-0.05, 0) is 6.92 Å². The predicted molar refractivity (Wildman–Crippen MR) is 59.7 cm³/mol. The monoisotopic (exact) mass is 295 g/mol. The Kier molecular flexibility index (Phi) is 5.29. The number of anilines is 1. The zero-order chi connectivity index (χ0) is 15.2. The average Bonchev–Trinajstić information content (AvgIpc) is 2.73. The normalized spacial score (nSPS) is 11.0. The van der Waals surface area contributed by atoms with Gasteiger partial charge in [-0.2, -0.15) is 13.2 Å². The molecule has 2 N–H and O–H groups in total. The Morgan fingerprint density at radius 2 is 2.15 bits per heavy atom. The van der Waals surface area contributed by atoms with Crippen molar-refractivity contribution in [1.82, 2.24) is 20.3 Å². The van der Waals surface area contributed by atoms with Crippen molar-refractivity contribution in [2.24, 2.45) is 0 Å². The summed E-state index contributed by atoms with van der Waals surface area (Å²) in [6.45, 7) is -0.0940. The molecule has 0 aromatic carbocycles. The van der Waals surface area contributed by atoms with Crippen molar-refractivity contribution in [1.29, 1.82) is 0 Å². The van der Waals surface area contributed by atoms with Gasteiger partial charge >= 0.3 is 12.3 Å². The van der Waals surface area contributed by atoms with Crippen LogP contribution in [0.2, 0.25) is 0 Å². The lowest BCUT2D eigenvalue weighted by atomic mass is 10.5. The number of alkyl halides is 3. The number of ether oxygens (including phenoxy) is 1. The number of carbonyl (C=O) groups excluding carboxylic acids is 2. The second kappa shape index (κ2) is 6.73. The summed E-state index contributed by atoms with van der Waals surface area (Å²) in [5.74, 6) is -0.859. The zero-order valence-electron chi connectivity index (χ0n) is 10.4. The van der Waals surface area contributed by atoms with E-state index in [1.54, 1.807) is 12.2 Å². The van der Waals surface area contributed by atoms with E-state index in [0.29, 0.717) is 0 Å². The van der Waals surface area contributed by atoms with Crippen LogP contribution in [0.1, 0.15) is 6.92 Å². The molecule has 2 amide bonds. The second-order valence-electron chi connectivity index (χ2n) is 3.54. The number of hydrogen-bond donors (Lipinski definition) is 2. The minimum absolute atomic E-state index is 0.0204. The molecule has 112 valence electrons. The maximum absolute atomic E-state index is 11.9. The molecular weight excluding hydrogens is 283 g/mol. The van der Waals surface area contributed by atoms with Gasteiger partial charge in [0.2, 0.25) is 5.91 Å². The third-order valence-electron chi connectivity index (χ3n) is 1.84. The van der Waals surface area contributed by atoms with Gasteiger partial charge in [-0.3, -0.25) is 10.1 Å². The van der Waals surface area contributed by atoms with Crippen molar-refractivity contribution in [3.05, 3.63) is 6.20 Å². The Bertz CT molecular complexity index is 474. The Hall–Kier alpha value is -2.33. The molecule has 0 bridgehead atoms. The van der Waals surface area contributed by atoms with Crippen LogP contribution >= 0.6 is 0 Å². The van der Waals surface area contributed by atoms with Crippen molar-refractivity contribution in [2.75, 3.05) is 18.5 Å². The van der Waals surface area contributed by atoms with Gasteiger partial charge in [-0.15, -0.1) is 5.10 Å². The third kappa shape index (κ3) is 6.02. The highest BCUT2D eigenvalue weighted by Gasteiger charge is 2.27. The molecule has 1 rings (SSSR count). The first-order valence-electron chi connectivity index (χ1n) is 5.47. The molecule has 0 fully saturated rings. The fourth-order valence-corrected chi connectivity index (χ4v) is 1.11. The molecule has 1 aromatic heterocycles. The van der Waals surface area contributed by atoms with Crippen molar-refractivity contribution >= 4 is 17.8 Å². The molecule has 8 nitrogen and oxygen atoms in total. The standard InChI is InChI=1S/C9H12F3N5O3/c1-2-20-8(19)14-6-3-17(16-15-6)4-7(18)13-5-9(10,11)12/h3H,2,4-5H2,1H3,(H,13,18)(H,14,19). The van der Waals surface area contributed by atoms with Gasteiger partial charge in [0.05, 0.1) is 12.8 Å². The summed E-state index contributed by atoms with van der Waals surface area (Å²) in [6, 6.07) is 0.